The Morgan fingerprint density at radius 1 is 0.950 bits per heavy atom. The van der Waals surface area contributed by atoms with Gasteiger partial charge in [0.25, 0.3) is 0 Å². The summed E-state index contributed by atoms with van der Waals surface area (Å²) in [6, 6.07) is 8.66. The van der Waals surface area contributed by atoms with Crippen molar-refractivity contribution in [2.45, 2.75) is 37.7 Å². The number of benzene rings is 1. The molecule has 5 heteroatoms. The van der Waals surface area contributed by atoms with Crippen molar-refractivity contribution in [1.29, 1.82) is 0 Å². The summed E-state index contributed by atoms with van der Waals surface area (Å²) < 4.78 is 19.0. The van der Waals surface area contributed by atoms with Crippen LogP contribution in [0.2, 0.25) is 0 Å². The molecule has 1 aromatic rings. The van der Waals surface area contributed by atoms with Crippen LogP contribution in [-0.4, -0.2) is 28.6 Å². The lowest BCUT2D eigenvalue weighted by Crippen LogP contribution is -2.51. The van der Waals surface area contributed by atoms with Crippen LogP contribution in [0.15, 0.2) is 24.3 Å². The van der Waals surface area contributed by atoms with Gasteiger partial charge in [0.05, 0.1) is 5.54 Å². The summed E-state index contributed by atoms with van der Waals surface area (Å²) in [5, 5.41) is 0. The number of hydrogen-bond acceptors (Lipinski definition) is 3. The minimum absolute atomic E-state index is 0.144. The predicted octanol–water partition coefficient (Wildman–Crippen LogP) is 4.31. The molecule has 0 fully saturated rings. The molecule has 0 spiro atoms. The van der Waals surface area contributed by atoms with Gasteiger partial charge >= 0.3 is 8.80 Å². The van der Waals surface area contributed by atoms with E-state index in [2.05, 4.69) is 53.8 Å². The molecule has 1 aromatic carbocycles. The second-order valence-corrected chi connectivity index (χ2v) is 8.20. The topological polar surface area (TPSA) is 27.7 Å². The summed E-state index contributed by atoms with van der Waals surface area (Å²) in [5.74, 6) is 0. The number of hydrogen-bond donors (Lipinski definition) is 0. The fraction of sp³-hybridized carbons (Fsp3) is 0.600. The van der Waals surface area contributed by atoms with Crippen LogP contribution < -0.4 is 0 Å². The molecule has 1 unspecified atom stereocenters. The average Bonchev–Trinajstić information content (AvgIpc) is 2.47. The first-order chi connectivity index (χ1) is 9.63. The maximum atomic E-state index is 5.98. The molecule has 0 saturated heterocycles. The van der Waals surface area contributed by atoms with Gasteiger partial charge in [-0.25, -0.2) is 0 Å². The lowest BCUT2D eigenvalue weighted by molar-refractivity contribution is 0.0633. The molecule has 0 N–H and O–H groups in total. The molecule has 0 aliphatic heterocycles. The van der Waals surface area contributed by atoms with E-state index in [9.17, 15) is 0 Å². The van der Waals surface area contributed by atoms with Crippen LogP contribution >= 0.6 is 22.6 Å². The first kappa shape index (κ1) is 18.1. The molecule has 0 heterocycles. The highest BCUT2D eigenvalue weighted by atomic mass is 127. The van der Waals surface area contributed by atoms with Gasteiger partial charge in [0.1, 0.15) is 0 Å². The molecule has 0 aliphatic carbocycles. The van der Waals surface area contributed by atoms with Gasteiger partial charge in [-0.05, 0) is 31.9 Å². The van der Waals surface area contributed by atoms with Gasteiger partial charge in [-0.15, -0.1) is 0 Å². The largest absolute Gasteiger partial charge is 0.508 e. The Kier molecular flexibility index (Phi) is 8.27. The van der Waals surface area contributed by atoms with Gasteiger partial charge < -0.3 is 13.3 Å². The van der Waals surface area contributed by atoms with E-state index in [1.54, 1.807) is 0 Å². The van der Waals surface area contributed by atoms with Crippen LogP contribution in [-0.2, 0) is 17.7 Å². The summed E-state index contributed by atoms with van der Waals surface area (Å²) in [5.41, 5.74) is 2.70. The minimum Gasteiger partial charge on any atom is -0.373 e. The Balaban J connectivity index is 3.02. The van der Waals surface area contributed by atoms with Crippen LogP contribution in [0.25, 0.3) is 0 Å². The molecular weight excluding hydrogens is 383 g/mol. The zero-order valence-electron chi connectivity index (χ0n) is 12.8. The summed E-state index contributed by atoms with van der Waals surface area (Å²) in [4.78, 5) is 0. The molecule has 1 atom stereocenters. The minimum atomic E-state index is -2.67. The van der Waals surface area contributed by atoms with Crippen LogP contribution in [0, 0.1) is 0 Å². The maximum Gasteiger partial charge on any atom is 0.508 e. The summed E-state index contributed by atoms with van der Waals surface area (Å²) in [6.07, 6.45) is 0. The third-order valence-corrected chi connectivity index (χ3v) is 7.55. The molecule has 1 rings (SSSR count). The van der Waals surface area contributed by atoms with E-state index in [-0.39, 0.29) is 5.54 Å². The molecule has 3 nitrogen and oxygen atoms in total. The Morgan fingerprint density at radius 2 is 1.40 bits per heavy atom. The number of alkyl halides is 1. The van der Waals surface area contributed by atoms with Crippen LogP contribution in [0.1, 0.15) is 44.4 Å². The SMILES string of the molecule is CCO[Si](OCC)(OCC)C(C)c1ccc(CI)cc1. The van der Waals surface area contributed by atoms with E-state index < -0.39 is 8.80 Å². The zero-order chi connectivity index (χ0) is 15.0. The standard InChI is InChI=1S/C15H25IO3Si/c1-5-17-20(18-6-2,19-7-3)13(4)15-10-8-14(12-16)9-11-15/h8-11,13H,5-7,12H2,1-4H3. The maximum absolute atomic E-state index is 5.98. The third-order valence-electron chi connectivity index (χ3n) is 3.20. The number of rotatable bonds is 9. The van der Waals surface area contributed by atoms with Crippen LogP contribution in [0.5, 0.6) is 0 Å². The molecule has 0 bridgehead atoms. The highest BCUT2D eigenvalue weighted by molar-refractivity contribution is 14.1. The van der Waals surface area contributed by atoms with Crippen molar-refractivity contribution < 1.29 is 13.3 Å². The zero-order valence-corrected chi connectivity index (χ0v) is 16.0. The van der Waals surface area contributed by atoms with Gasteiger partial charge in [0, 0.05) is 24.2 Å². The van der Waals surface area contributed by atoms with Gasteiger partial charge in [0.2, 0.25) is 0 Å². The quantitative estimate of drug-likeness (QED) is 0.346. The van der Waals surface area contributed by atoms with Gasteiger partial charge in [-0.3, -0.25) is 0 Å². The monoisotopic (exact) mass is 408 g/mol. The van der Waals surface area contributed by atoms with Crippen LogP contribution in [0.4, 0.5) is 0 Å². The van der Waals surface area contributed by atoms with E-state index in [1.807, 2.05) is 20.8 Å². The fourth-order valence-corrected chi connectivity index (χ4v) is 5.52. The summed E-state index contributed by atoms with van der Waals surface area (Å²) >= 11 is 2.37. The van der Waals surface area contributed by atoms with Gasteiger partial charge in [-0.1, -0.05) is 53.8 Å². The van der Waals surface area contributed by atoms with Crippen molar-refractivity contribution >= 4 is 31.4 Å². The molecule has 0 aromatic heterocycles. The molecule has 0 radical (unpaired) electrons. The normalized spacial score (nSPS) is 13.4. The Morgan fingerprint density at radius 3 is 1.75 bits per heavy atom. The Labute approximate surface area is 137 Å². The van der Waals surface area contributed by atoms with Crippen molar-refractivity contribution in [3.63, 3.8) is 0 Å². The second-order valence-electron chi connectivity index (χ2n) is 4.50. The average molecular weight is 408 g/mol. The highest BCUT2D eigenvalue weighted by Crippen LogP contribution is 2.30. The Hall–Kier alpha value is 0.0469. The lowest BCUT2D eigenvalue weighted by Gasteiger charge is -2.33. The first-order valence-corrected chi connectivity index (χ1v) is 10.5. The predicted molar refractivity (Wildman–Crippen MR) is 93.2 cm³/mol. The van der Waals surface area contributed by atoms with Crippen molar-refractivity contribution in [3.8, 4) is 0 Å². The molecule has 0 saturated carbocycles. The summed E-state index contributed by atoms with van der Waals surface area (Å²) in [7, 11) is -2.67. The van der Waals surface area contributed by atoms with Gasteiger partial charge in [0.15, 0.2) is 0 Å². The molecule has 0 amide bonds. The lowest BCUT2D eigenvalue weighted by atomic mass is 10.1. The van der Waals surface area contributed by atoms with E-state index >= 15 is 0 Å². The second kappa shape index (κ2) is 9.14. The molecule has 20 heavy (non-hydrogen) atoms. The molecule has 114 valence electrons. The first-order valence-electron chi connectivity index (χ1n) is 7.20. The smallest absolute Gasteiger partial charge is 0.373 e. The third kappa shape index (κ3) is 4.52. The van der Waals surface area contributed by atoms with Crippen molar-refractivity contribution in [1.82, 2.24) is 0 Å². The van der Waals surface area contributed by atoms with Gasteiger partial charge in [-0.2, -0.15) is 0 Å². The Bertz CT molecular complexity index is 366. The van der Waals surface area contributed by atoms with E-state index in [0.29, 0.717) is 19.8 Å². The van der Waals surface area contributed by atoms with Crippen molar-refractivity contribution in [2.75, 3.05) is 19.8 Å². The van der Waals surface area contributed by atoms with Crippen LogP contribution in [0.3, 0.4) is 0 Å². The number of halogens is 1. The van der Waals surface area contributed by atoms with E-state index in [4.69, 9.17) is 13.3 Å². The van der Waals surface area contributed by atoms with E-state index in [1.165, 1.54) is 11.1 Å². The summed E-state index contributed by atoms with van der Waals surface area (Å²) in [6.45, 7) is 9.96. The highest BCUT2D eigenvalue weighted by Gasteiger charge is 2.47. The molecular formula is C15H25IO3Si. The fourth-order valence-electron chi connectivity index (χ4n) is 2.20. The van der Waals surface area contributed by atoms with Crippen molar-refractivity contribution in [2.24, 2.45) is 0 Å². The van der Waals surface area contributed by atoms with E-state index in [0.717, 1.165) is 4.43 Å². The van der Waals surface area contributed by atoms with Crippen molar-refractivity contribution in [3.05, 3.63) is 35.4 Å². The molecule has 0 aliphatic rings.